The number of rotatable bonds is 5. The monoisotopic (exact) mass is 359 g/mol. The van der Waals surface area contributed by atoms with Gasteiger partial charge in [-0.3, -0.25) is 19.4 Å². The molecule has 0 spiro atoms. The smallest absolute Gasteiger partial charge is 0.317 e. The summed E-state index contributed by atoms with van der Waals surface area (Å²) in [5.41, 5.74) is 2.32. The molecule has 6 heteroatoms. The van der Waals surface area contributed by atoms with E-state index < -0.39 is 5.97 Å². The molecule has 0 aliphatic carbocycles. The number of anilines is 1. The van der Waals surface area contributed by atoms with Crippen molar-refractivity contribution in [3.63, 3.8) is 0 Å². The molecule has 0 saturated carbocycles. The van der Waals surface area contributed by atoms with Crippen LogP contribution >= 0.6 is 0 Å². The first-order valence-electron chi connectivity index (χ1n) is 9.52. The Bertz CT molecular complexity index is 655. The number of carboxylic acid groups (broad SMARTS) is 1. The minimum Gasteiger partial charge on any atom is -0.480 e. The Kier molecular flexibility index (Phi) is 5.94. The number of benzene rings is 1. The molecule has 1 amide bonds. The molecule has 1 atom stereocenters. The Balaban J connectivity index is 1.60. The number of carbonyl (C=O) groups is 2. The van der Waals surface area contributed by atoms with Crippen LogP contribution in [0.1, 0.15) is 31.7 Å². The molecule has 1 fully saturated rings. The summed E-state index contributed by atoms with van der Waals surface area (Å²) in [7, 11) is 1.87. The number of hydrogen-bond donors (Lipinski definition) is 1. The van der Waals surface area contributed by atoms with Crippen LogP contribution in [0.5, 0.6) is 0 Å². The molecular formula is C20H29N3O3. The number of fused-ring (bicyclic) bond motifs is 1. The highest BCUT2D eigenvalue weighted by Crippen LogP contribution is 2.28. The van der Waals surface area contributed by atoms with Gasteiger partial charge in [0.05, 0.1) is 12.6 Å². The van der Waals surface area contributed by atoms with E-state index in [0.717, 1.165) is 51.0 Å². The van der Waals surface area contributed by atoms with Gasteiger partial charge in [-0.1, -0.05) is 18.2 Å². The van der Waals surface area contributed by atoms with E-state index in [1.165, 1.54) is 5.56 Å². The fourth-order valence-electron chi connectivity index (χ4n) is 4.20. The highest BCUT2D eigenvalue weighted by molar-refractivity contribution is 5.98. The number of hydrogen-bond acceptors (Lipinski definition) is 4. The fourth-order valence-corrected chi connectivity index (χ4v) is 4.20. The topological polar surface area (TPSA) is 64.1 Å². The van der Waals surface area contributed by atoms with Crippen LogP contribution in [-0.4, -0.2) is 72.1 Å². The minimum absolute atomic E-state index is 0.0731. The van der Waals surface area contributed by atoms with Crippen molar-refractivity contribution in [2.45, 2.75) is 44.7 Å². The highest BCUT2D eigenvalue weighted by atomic mass is 16.4. The quantitative estimate of drug-likeness (QED) is 0.869. The van der Waals surface area contributed by atoms with Crippen LogP contribution in [0.3, 0.4) is 0 Å². The zero-order chi connectivity index (χ0) is 18.7. The van der Waals surface area contributed by atoms with Gasteiger partial charge in [-0.2, -0.15) is 0 Å². The molecule has 1 saturated heterocycles. The van der Waals surface area contributed by atoms with E-state index in [4.69, 9.17) is 5.11 Å². The molecule has 1 N–H and O–H groups in total. The Morgan fingerprint density at radius 3 is 2.62 bits per heavy atom. The molecular weight excluding hydrogens is 330 g/mol. The molecule has 0 aromatic heterocycles. The Labute approximate surface area is 155 Å². The van der Waals surface area contributed by atoms with Crippen molar-refractivity contribution in [1.29, 1.82) is 0 Å². The van der Waals surface area contributed by atoms with E-state index in [1.54, 1.807) is 0 Å². The van der Waals surface area contributed by atoms with E-state index in [-0.39, 0.29) is 24.5 Å². The number of likely N-dealkylation sites (tertiary alicyclic amines) is 1. The van der Waals surface area contributed by atoms with Crippen molar-refractivity contribution in [1.82, 2.24) is 9.80 Å². The fraction of sp³-hybridized carbons (Fsp3) is 0.600. The molecule has 142 valence electrons. The molecule has 2 aliphatic rings. The van der Waals surface area contributed by atoms with Crippen LogP contribution in [-0.2, 0) is 16.0 Å². The molecule has 0 bridgehead atoms. The summed E-state index contributed by atoms with van der Waals surface area (Å²) in [6.07, 6.45) is 3.85. The van der Waals surface area contributed by atoms with Crippen molar-refractivity contribution < 1.29 is 14.7 Å². The lowest BCUT2D eigenvalue weighted by atomic mass is 9.99. The maximum atomic E-state index is 13.1. The third-order valence-electron chi connectivity index (χ3n) is 5.79. The largest absolute Gasteiger partial charge is 0.480 e. The van der Waals surface area contributed by atoms with Crippen molar-refractivity contribution >= 4 is 17.6 Å². The first-order chi connectivity index (χ1) is 12.5. The molecule has 2 aliphatic heterocycles. The summed E-state index contributed by atoms with van der Waals surface area (Å²) in [6, 6.07) is 8.33. The normalized spacial score (nSPS) is 20.0. The molecule has 1 aromatic rings. The van der Waals surface area contributed by atoms with E-state index in [2.05, 4.69) is 11.0 Å². The van der Waals surface area contributed by atoms with Crippen LogP contribution in [0.25, 0.3) is 0 Å². The average molecular weight is 359 g/mol. The number of piperidine rings is 1. The summed E-state index contributed by atoms with van der Waals surface area (Å²) in [5.74, 6) is -0.614. The predicted molar refractivity (Wildman–Crippen MR) is 101 cm³/mol. The van der Waals surface area contributed by atoms with Gasteiger partial charge in [-0.05, 0) is 51.3 Å². The van der Waals surface area contributed by atoms with Gasteiger partial charge < -0.3 is 10.0 Å². The van der Waals surface area contributed by atoms with Crippen molar-refractivity contribution in [2.75, 3.05) is 38.1 Å². The maximum absolute atomic E-state index is 13.1. The van der Waals surface area contributed by atoms with E-state index in [0.29, 0.717) is 0 Å². The average Bonchev–Trinajstić information content (AvgIpc) is 2.66. The summed E-state index contributed by atoms with van der Waals surface area (Å²) in [4.78, 5) is 30.1. The van der Waals surface area contributed by atoms with Crippen molar-refractivity contribution in [3.8, 4) is 0 Å². The van der Waals surface area contributed by atoms with Gasteiger partial charge in [0, 0.05) is 31.4 Å². The van der Waals surface area contributed by atoms with Crippen LogP contribution in [0.4, 0.5) is 5.69 Å². The first kappa shape index (κ1) is 18.9. The molecule has 6 nitrogen and oxygen atoms in total. The SMILES string of the molecule is CC(C(=O)N1CCCc2ccccc21)N1CCC(N(C)CC(=O)O)CC1. The van der Waals surface area contributed by atoms with Gasteiger partial charge in [0.25, 0.3) is 0 Å². The standard InChI is InChI=1S/C20H29N3O3/c1-15(22-12-9-17(10-13-22)21(2)14-19(24)25)20(26)23-11-5-7-16-6-3-4-8-18(16)23/h3-4,6,8,15,17H,5,7,9-14H2,1-2H3,(H,24,25). The maximum Gasteiger partial charge on any atom is 0.317 e. The second-order valence-electron chi connectivity index (χ2n) is 7.47. The van der Waals surface area contributed by atoms with Gasteiger partial charge in [-0.25, -0.2) is 0 Å². The van der Waals surface area contributed by atoms with E-state index in [1.807, 2.05) is 42.0 Å². The number of amides is 1. The van der Waals surface area contributed by atoms with Gasteiger partial charge in [-0.15, -0.1) is 0 Å². The summed E-state index contributed by atoms with van der Waals surface area (Å²) >= 11 is 0. The summed E-state index contributed by atoms with van der Waals surface area (Å²) < 4.78 is 0. The van der Waals surface area contributed by atoms with Crippen LogP contribution in [0, 0.1) is 0 Å². The Morgan fingerprint density at radius 1 is 1.23 bits per heavy atom. The number of carboxylic acids is 1. The zero-order valence-corrected chi connectivity index (χ0v) is 15.7. The number of aryl methyl sites for hydroxylation is 1. The van der Waals surface area contributed by atoms with Gasteiger partial charge in [0.2, 0.25) is 5.91 Å². The zero-order valence-electron chi connectivity index (χ0n) is 15.7. The van der Waals surface area contributed by atoms with Crippen LogP contribution in [0.2, 0.25) is 0 Å². The molecule has 1 unspecified atom stereocenters. The number of aliphatic carboxylic acids is 1. The van der Waals surface area contributed by atoms with E-state index in [9.17, 15) is 9.59 Å². The lowest BCUT2D eigenvalue weighted by molar-refractivity contribution is -0.138. The number of nitrogens with zero attached hydrogens (tertiary/aromatic N) is 3. The molecule has 0 radical (unpaired) electrons. The van der Waals surface area contributed by atoms with Gasteiger partial charge in [0.1, 0.15) is 0 Å². The lowest BCUT2D eigenvalue weighted by Crippen LogP contribution is -2.53. The third-order valence-corrected chi connectivity index (χ3v) is 5.79. The van der Waals surface area contributed by atoms with Gasteiger partial charge >= 0.3 is 5.97 Å². The number of para-hydroxylation sites is 1. The van der Waals surface area contributed by atoms with Crippen molar-refractivity contribution in [3.05, 3.63) is 29.8 Å². The minimum atomic E-state index is -0.790. The first-order valence-corrected chi connectivity index (χ1v) is 9.52. The summed E-state index contributed by atoms with van der Waals surface area (Å²) in [6.45, 7) is 4.52. The van der Waals surface area contributed by atoms with E-state index >= 15 is 0 Å². The molecule has 2 heterocycles. The number of likely N-dealkylation sites (N-methyl/N-ethyl adjacent to an activating group) is 1. The molecule has 1 aromatic carbocycles. The summed E-state index contributed by atoms with van der Waals surface area (Å²) in [5, 5.41) is 8.95. The highest BCUT2D eigenvalue weighted by Gasteiger charge is 2.32. The molecule has 3 rings (SSSR count). The third kappa shape index (κ3) is 4.07. The second kappa shape index (κ2) is 8.18. The predicted octanol–water partition coefficient (Wildman–Crippen LogP) is 1.84. The van der Waals surface area contributed by atoms with Crippen molar-refractivity contribution in [2.24, 2.45) is 0 Å². The van der Waals surface area contributed by atoms with Crippen LogP contribution in [0.15, 0.2) is 24.3 Å². The van der Waals surface area contributed by atoms with Crippen LogP contribution < -0.4 is 4.90 Å². The molecule has 26 heavy (non-hydrogen) atoms. The lowest BCUT2D eigenvalue weighted by Gasteiger charge is -2.40. The Morgan fingerprint density at radius 2 is 1.92 bits per heavy atom. The second-order valence-corrected chi connectivity index (χ2v) is 7.47. The Hall–Kier alpha value is -1.92. The van der Waals surface area contributed by atoms with Gasteiger partial charge in [0.15, 0.2) is 0 Å². The number of carbonyl (C=O) groups excluding carboxylic acids is 1.